The van der Waals surface area contributed by atoms with E-state index in [4.69, 9.17) is 9.47 Å². The summed E-state index contributed by atoms with van der Waals surface area (Å²) in [7, 11) is 5.49. The van der Waals surface area contributed by atoms with Crippen LogP contribution < -0.4 is 15.0 Å². The molecule has 0 atom stereocenters. The topological polar surface area (TPSA) is 71.1 Å². The van der Waals surface area contributed by atoms with Gasteiger partial charge in [0.25, 0.3) is 11.8 Å². The molecule has 0 saturated heterocycles. The molecule has 1 N–H and O–H groups in total. The van der Waals surface area contributed by atoms with Crippen molar-refractivity contribution in [2.45, 2.75) is 26.2 Å². The van der Waals surface area contributed by atoms with Crippen LogP contribution in [-0.2, 0) is 14.3 Å². The van der Waals surface area contributed by atoms with E-state index >= 15 is 0 Å². The number of amides is 2. The van der Waals surface area contributed by atoms with Crippen LogP contribution in [-0.4, -0.2) is 57.7 Å². The van der Waals surface area contributed by atoms with Crippen LogP contribution in [0.2, 0.25) is 0 Å². The summed E-state index contributed by atoms with van der Waals surface area (Å²) >= 11 is 0. The zero-order valence-electron chi connectivity index (χ0n) is 19.9. The Morgan fingerprint density at radius 3 is 2.30 bits per heavy atom. The lowest BCUT2D eigenvalue weighted by molar-refractivity contribution is -0.137. The van der Waals surface area contributed by atoms with Gasteiger partial charge in [-0.3, -0.25) is 14.5 Å². The normalized spacial score (nSPS) is 13.6. The summed E-state index contributed by atoms with van der Waals surface area (Å²) in [6.07, 6.45) is 2.66. The molecule has 1 heterocycles. The number of rotatable bonds is 12. The van der Waals surface area contributed by atoms with E-state index in [1.54, 1.807) is 19.2 Å². The largest absolute Gasteiger partial charge is 0.496 e. The Morgan fingerprint density at radius 1 is 0.939 bits per heavy atom. The molecule has 2 aromatic carbocycles. The summed E-state index contributed by atoms with van der Waals surface area (Å²) < 4.78 is 11.1. The van der Waals surface area contributed by atoms with Gasteiger partial charge < -0.3 is 19.7 Å². The van der Waals surface area contributed by atoms with Crippen LogP contribution in [0.25, 0.3) is 5.57 Å². The van der Waals surface area contributed by atoms with Crippen LogP contribution in [0.15, 0.2) is 54.2 Å². The second-order valence-electron chi connectivity index (χ2n) is 8.10. The highest BCUT2D eigenvalue weighted by Crippen LogP contribution is 2.35. The van der Waals surface area contributed by atoms with Gasteiger partial charge in [0, 0.05) is 50.8 Å². The lowest BCUT2D eigenvalue weighted by Crippen LogP contribution is -2.34. The number of hydrogen-bond acceptors (Lipinski definition) is 6. The van der Waals surface area contributed by atoms with Gasteiger partial charge in [-0.25, -0.2) is 0 Å². The van der Waals surface area contributed by atoms with Crippen molar-refractivity contribution in [1.29, 1.82) is 0 Å². The number of para-hydroxylation sites is 1. The van der Waals surface area contributed by atoms with Crippen molar-refractivity contribution in [3.05, 3.63) is 59.8 Å². The Bertz CT molecular complexity index is 999. The third kappa shape index (κ3) is 5.73. The zero-order valence-corrected chi connectivity index (χ0v) is 19.9. The van der Waals surface area contributed by atoms with Crippen molar-refractivity contribution in [1.82, 2.24) is 4.90 Å². The number of carbonyl (C=O) groups excluding carboxylic acids is 2. The monoisotopic (exact) mass is 451 g/mol. The molecule has 0 saturated carbocycles. The molecular formula is C26H33N3O4. The molecule has 176 valence electrons. The van der Waals surface area contributed by atoms with Crippen LogP contribution in [0.4, 0.5) is 11.4 Å². The smallest absolute Gasteiger partial charge is 0.278 e. The van der Waals surface area contributed by atoms with Crippen LogP contribution in [0.5, 0.6) is 5.75 Å². The SMILES string of the molecule is CCCCOCCCN1C(=O)C(Nc2ccc(N(C)C)cc2)=C(c2ccccc2OC)C1=O. The van der Waals surface area contributed by atoms with Gasteiger partial charge in [-0.1, -0.05) is 31.5 Å². The van der Waals surface area contributed by atoms with E-state index < -0.39 is 0 Å². The minimum Gasteiger partial charge on any atom is -0.496 e. The van der Waals surface area contributed by atoms with Crippen molar-refractivity contribution in [3.63, 3.8) is 0 Å². The van der Waals surface area contributed by atoms with Gasteiger partial charge in [-0.2, -0.15) is 0 Å². The number of ether oxygens (including phenoxy) is 2. The van der Waals surface area contributed by atoms with Gasteiger partial charge >= 0.3 is 0 Å². The number of unbranched alkanes of at least 4 members (excludes halogenated alkanes) is 1. The average molecular weight is 452 g/mol. The maximum Gasteiger partial charge on any atom is 0.278 e. The Morgan fingerprint density at radius 2 is 1.64 bits per heavy atom. The lowest BCUT2D eigenvalue weighted by Gasteiger charge is -2.16. The standard InChI is InChI=1S/C26H33N3O4/c1-5-6-17-33-18-9-16-29-25(30)23(21-10-7-8-11-22(21)32-4)24(26(29)31)27-19-12-14-20(15-13-19)28(2)3/h7-8,10-15,27H,5-6,9,16-18H2,1-4H3. The number of methoxy groups -OCH3 is 1. The molecule has 7 heteroatoms. The van der Waals surface area contributed by atoms with Crippen molar-refractivity contribution in [2.24, 2.45) is 0 Å². The van der Waals surface area contributed by atoms with Crippen LogP contribution in [0.1, 0.15) is 31.7 Å². The molecule has 0 fully saturated rings. The number of anilines is 2. The number of imide groups is 1. The van der Waals surface area contributed by atoms with Gasteiger partial charge in [0.15, 0.2) is 0 Å². The minimum absolute atomic E-state index is 0.258. The number of hydrogen-bond donors (Lipinski definition) is 1. The fourth-order valence-corrected chi connectivity index (χ4v) is 3.66. The third-order valence-corrected chi connectivity index (χ3v) is 5.51. The lowest BCUT2D eigenvalue weighted by atomic mass is 10.0. The first kappa shape index (κ1) is 24.3. The summed E-state index contributed by atoms with van der Waals surface area (Å²) in [6, 6.07) is 14.9. The maximum atomic E-state index is 13.4. The second-order valence-corrected chi connectivity index (χ2v) is 8.10. The van der Waals surface area contributed by atoms with Crippen molar-refractivity contribution in [3.8, 4) is 5.75 Å². The van der Waals surface area contributed by atoms with Crippen molar-refractivity contribution >= 4 is 28.8 Å². The molecule has 0 radical (unpaired) electrons. The maximum absolute atomic E-state index is 13.4. The highest BCUT2D eigenvalue weighted by Gasteiger charge is 2.39. The molecule has 2 amide bonds. The molecule has 33 heavy (non-hydrogen) atoms. The van der Waals surface area contributed by atoms with Gasteiger partial charge in [-0.15, -0.1) is 0 Å². The fourth-order valence-electron chi connectivity index (χ4n) is 3.66. The Balaban J connectivity index is 1.87. The molecule has 2 aromatic rings. The van der Waals surface area contributed by atoms with Crippen molar-refractivity contribution < 1.29 is 19.1 Å². The van der Waals surface area contributed by atoms with Crippen LogP contribution in [0, 0.1) is 0 Å². The molecule has 1 aliphatic rings. The van der Waals surface area contributed by atoms with Gasteiger partial charge in [0.05, 0.1) is 12.7 Å². The summed E-state index contributed by atoms with van der Waals surface area (Å²) in [4.78, 5) is 30.0. The highest BCUT2D eigenvalue weighted by atomic mass is 16.5. The zero-order chi connectivity index (χ0) is 23.8. The second kappa shape index (κ2) is 11.5. The summed E-state index contributed by atoms with van der Waals surface area (Å²) in [5.41, 5.74) is 2.94. The van der Waals surface area contributed by atoms with E-state index in [9.17, 15) is 9.59 Å². The van der Waals surface area contributed by atoms with Crippen LogP contribution >= 0.6 is 0 Å². The molecule has 0 spiro atoms. The van der Waals surface area contributed by atoms with E-state index in [0.717, 1.165) is 24.2 Å². The molecular weight excluding hydrogens is 418 g/mol. The Kier molecular flexibility index (Phi) is 8.49. The number of carbonyl (C=O) groups is 2. The summed E-state index contributed by atoms with van der Waals surface area (Å²) in [6.45, 7) is 3.61. The average Bonchev–Trinajstić information content (AvgIpc) is 3.05. The molecule has 1 aliphatic heterocycles. The first-order chi connectivity index (χ1) is 16.0. The minimum atomic E-state index is -0.342. The van der Waals surface area contributed by atoms with Crippen molar-refractivity contribution in [2.75, 3.05) is 51.2 Å². The fraction of sp³-hybridized carbons (Fsp3) is 0.385. The van der Waals surface area contributed by atoms with Crippen LogP contribution in [0.3, 0.4) is 0 Å². The van der Waals surface area contributed by atoms with E-state index in [1.807, 2.05) is 55.4 Å². The summed E-state index contributed by atoms with van der Waals surface area (Å²) in [5.74, 6) is -0.128. The van der Waals surface area contributed by atoms with E-state index in [0.29, 0.717) is 43.1 Å². The van der Waals surface area contributed by atoms with Gasteiger partial charge in [-0.05, 0) is 43.2 Å². The van der Waals surface area contributed by atoms with E-state index in [-0.39, 0.29) is 17.5 Å². The molecule has 0 aromatic heterocycles. The predicted molar refractivity (Wildman–Crippen MR) is 131 cm³/mol. The molecule has 3 rings (SSSR count). The quantitative estimate of drug-likeness (QED) is 0.386. The third-order valence-electron chi connectivity index (χ3n) is 5.51. The Hall–Kier alpha value is -3.32. The molecule has 7 nitrogen and oxygen atoms in total. The molecule has 0 unspecified atom stereocenters. The first-order valence-electron chi connectivity index (χ1n) is 11.3. The van der Waals surface area contributed by atoms with E-state index in [2.05, 4.69) is 12.2 Å². The Labute approximate surface area is 196 Å². The molecule has 0 bridgehead atoms. The highest BCUT2D eigenvalue weighted by molar-refractivity contribution is 6.37. The predicted octanol–water partition coefficient (Wildman–Crippen LogP) is 4.16. The van der Waals surface area contributed by atoms with Gasteiger partial charge in [0.1, 0.15) is 11.4 Å². The number of nitrogens with one attached hydrogen (secondary N) is 1. The van der Waals surface area contributed by atoms with E-state index in [1.165, 1.54) is 4.90 Å². The van der Waals surface area contributed by atoms with Gasteiger partial charge in [0.2, 0.25) is 0 Å². The first-order valence-corrected chi connectivity index (χ1v) is 11.3. The number of nitrogens with zero attached hydrogens (tertiary/aromatic N) is 2. The number of benzene rings is 2. The molecule has 0 aliphatic carbocycles. The summed E-state index contributed by atoms with van der Waals surface area (Å²) in [5, 5.41) is 3.20.